The van der Waals surface area contributed by atoms with Crippen LogP contribution < -0.4 is 0 Å². The topological polar surface area (TPSA) is 119 Å². The first-order valence-corrected chi connectivity index (χ1v) is 26.9. The van der Waals surface area contributed by atoms with Crippen molar-refractivity contribution in [2.45, 2.75) is 64.0 Å². The molecule has 5 unspecified atom stereocenters. The van der Waals surface area contributed by atoms with E-state index in [1.807, 2.05) is 78.9 Å². The van der Waals surface area contributed by atoms with Gasteiger partial charge < -0.3 is 0 Å². The molecule has 324 valence electrons. The van der Waals surface area contributed by atoms with E-state index in [0.717, 1.165) is 81.1 Å². The fraction of sp³-hybridized carbons (Fsp3) is 0.260. The minimum absolute atomic E-state index is 0.0419. The van der Waals surface area contributed by atoms with Gasteiger partial charge in [-0.2, -0.15) is 0 Å². The van der Waals surface area contributed by atoms with Crippen LogP contribution in [0.25, 0.3) is 0 Å². The zero-order valence-electron chi connectivity index (χ0n) is 34.5. The molecule has 5 atom stereocenters. The molecule has 4 bridgehead atoms. The van der Waals surface area contributed by atoms with Crippen LogP contribution in [0.4, 0.5) is 0 Å². The van der Waals surface area contributed by atoms with Gasteiger partial charge in [0.2, 0.25) is 0 Å². The largest absolute Gasteiger partial charge is 0.294 e. The number of thioether (sulfide) groups is 2. The fourth-order valence-electron chi connectivity index (χ4n) is 9.18. The summed E-state index contributed by atoms with van der Waals surface area (Å²) in [6.45, 7) is 0. The van der Waals surface area contributed by atoms with Crippen LogP contribution in [0.5, 0.6) is 0 Å². The van der Waals surface area contributed by atoms with Gasteiger partial charge in [0.1, 0.15) is 0 Å². The molecule has 7 nitrogen and oxygen atoms in total. The second-order valence-electron chi connectivity index (χ2n) is 16.5. The number of hydrogen-bond donors (Lipinski definition) is 0. The molecule has 0 N–H and O–H groups in total. The monoisotopic (exact) mass is 954 g/mol. The Labute approximate surface area is 387 Å². The smallest absolute Gasteiger partial charge is 0.198 e. The number of ketones is 3. The molecule has 63 heavy (non-hydrogen) atoms. The zero-order valence-corrected chi connectivity index (χ0v) is 39.3. The number of halogens is 2. The minimum Gasteiger partial charge on any atom is -0.294 e. The van der Waals surface area contributed by atoms with Crippen LogP contribution in [0, 0.1) is 23.7 Å². The lowest BCUT2D eigenvalue weighted by Gasteiger charge is -2.31. The van der Waals surface area contributed by atoms with Gasteiger partial charge in [-0.3, -0.25) is 14.4 Å². The highest BCUT2D eigenvalue weighted by Gasteiger charge is 2.45. The number of sulfone groups is 2. The van der Waals surface area contributed by atoms with Crippen molar-refractivity contribution in [3.05, 3.63) is 175 Å². The molecular weight excluding hydrogens is 912 g/mol. The maximum atomic E-state index is 13.9. The van der Waals surface area contributed by atoms with Gasteiger partial charge >= 0.3 is 0 Å². The number of hydrogen-bond acceptors (Lipinski definition) is 9. The number of rotatable bonds is 11. The summed E-state index contributed by atoms with van der Waals surface area (Å²) in [7, 11) is -6.84. The van der Waals surface area contributed by atoms with Crippen molar-refractivity contribution in [3.63, 3.8) is 0 Å². The Balaban J connectivity index is 0.000000175. The summed E-state index contributed by atoms with van der Waals surface area (Å²) in [6.07, 6.45) is 7.55. The van der Waals surface area contributed by atoms with Crippen molar-refractivity contribution in [2.24, 2.45) is 23.7 Å². The van der Waals surface area contributed by atoms with Crippen molar-refractivity contribution >= 4 is 83.7 Å². The molecular formula is C50H44Cl2O7S4. The SMILES string of the molecule is CS(=O)(=O)c1ccc(C(=O)C2=C(Sc3ccccc3)C3CCC(C3)C2=O)c(Cl)c1.CS(=O)(=O)c1ccc(C(C2=C(Sc3ccccc3)C3CCC(C3)C2=O)c2ccccc2)c(Cl)c1. The molecule has 5 aromatic rings. The van der Waals surface area contributed by atoms with Gasteiger partial charge in [-0.15, -0.1) is 0 Å². The van der Waals surface area contributed by atoms with Gasteiger partial charge in [0, 0.05) is 66.0 Å². The van der Waals surface area contributed by atoms with Crippen molar-refractivity contribution in [1.29, 1.82) is 0 Å². The number of carbonyl (C=O) groups excluding carboxylic acids is 3. The third-order valence-corrected chi connectivity index (χ3v) is 17.7. The molecule has 2 saturated carbocycles. The molecule has 0 radical (unpaired) electrons. The average molecular weight is 956 g/mol. The molecule has 0 aliphatic heterocycles. The summed E-state index contributed by atoms with van der Waals surface area (Å²) >= 11 is 16.2. The molecule has 0 amide bonds. The van der Waals surface area contributed by atoms with E-state index in [-0.39, 0.29) is 61.2 Å². The summed E-state index contributed by atoms with van der Waals surface area (Å²) in [6, 6.07) is 38.7. The van der Waals surface area contributed by atoms with E-state index in [2.05, 4.69) is 12.1 Å². The molecule has 0 saturated heterocycles. The van der Waals surface area contributed by atoms with Gasteiger partial charge in [0.05, 0.1) is 20.4 Å². The molecule has 0 heterocycles. The molecule has 2 fully saturated rings. The first-order valence-electron chi connectivity index (χ1n) is 20.7. The summed E-state index contributed by atoms with van der Waals surface area (Å²) < 4.78 is 47.7. The quantitative estimate of drug-likeness (QED) is 0.0941. The Hall–Kier alpha value is -4.23. The van der Waals surface area contributed by atoms with Crippen molar-refractivity contribution in [1.82, 2.24) is 0 Å². The predicted molar refractivity (Wildman–Crippen MR) is 252 cm³/mol. The summed E-state index contributed by atoms with van der Waals surface area (Å²) in [5.74, 6) is -0.234. The molecule has 4 aliphatic rings. The van der Waals surface area contributed by atoms with E-state index in [9.17, 15) is 31.2 Å². The van der Waals surface area contributed by atoms with Gasteiger partial charge in [-0.1, -0.05) is 120 Å². The Kier molecular flexibility index (Phi) is 13.5. The highest BCUT2D eigenvalue weighted by molar-refractivity contribution is 8.03. The highest BCUT2D eigenvalue weighted by atomic mass is 35.5. The number of fused-ring (bicyclic) bond motifs is 4. The summed E-state index contributed by atoms with van der Waals surface area (Å²) in [5.41, 5.74) is 2.93. The van der Waals surface area contributed by atoms with Gasteiger partial charge in [0.25, 0.3) is 0 Å². The minimum atomic E-state index is -3.44. The van der Waals surface area contributed by atoms with Crippen molar-refractivity contribution in [3.8, 4) is 0 Å². The van der Waals surface area contributed by atoms with Crippen LogP contribution in [0.2, 0.25) is 10.0 Å². The lowest BCUT2D eigenvalue weighted by atomic mass is 9.76. The Morgan fingerprint density at radius 1 is 0.571 bits per heavy atom. The van der Waals surface area contributed by atoms with E-state index in [0.29, 0.717) is 10.9 Å². The van der Waals surface area contributed by atoms with Gasteiger partial charge in [-0.25, -0.2) is 16.8 Å². The second-order valence-corrected chi connectivity index (χ2v) is 23.6. The van der Waals surface area contributed by atoms with Gasteiger partial charge in [0.15, 0.2) is 37.0 Å². The summed E-state index contributed by atoms with van der Waals surface area (Å²) in [5, 5.41) is 0.402. The van der Waals surface area contributed by atoms with Crippen LogP contribution in [0.3, 0.4) is 0 Å². The molecule has 0 aromatic heterocycles. The Morgan fingerprint density at radius 2 is 1.03 bits per heavy atom. The standard InChI is InChI=1S/C28H25ClO3S2.C22H19ClO4S2/c1-34(31,32)22-14-15-23(24(29)17-22)25(18-8-4-2-5-9-18)26-27(30)19-12-13-20(16-19)28(26)33-21-10-6-3-7-11-21;1-29(26,27)16-9-10-17(18(23)12-16)21(25)19-20(24)13-7-8-14(11-13)22(19)28-15-5-3-2-4-6-15/h2-11,14-15,17,19-20,25H,12-13,16H2,1H3;2-6,9-10,12-14H,7-8,11H2,1H3. The van der Waals surface area contributed by atoms with Crippen molar-refractivity contribution < 1.29 is 31.2 Å². The third-order valence-electron chi connectivity index (χ3n) is 12.3. The van der Waals surface area contributed by atoms with E-state index in [1.54, 1.807) is 23.9 Å². The normalized spacial score (nSPS) is 21.3. The average Bonchev–Trinajstić information content (AvgIpc) is 3.92. The van der Waals surface area contributed by atoms with E-state index < -0.39 is 25.5 Å². The molecule has 9 rings (SSSR count). The fourth-order valence-corrected chi connectivity index (χ4v) is 13.6. The second kappa shape index (κ2) is 18.7. The number of allylic oxidation sites excluding steroid dienone is 4. The van der Waals surface area contributed by atoms with Crippen LogP contribution in [0.1, 0.15) is 65.9 Å². The molecule has 0 spiro atoms. The number of carbonyl (C=O) groups is 3. The Bertz CT molecular complexity index is 2900. The molecule has 4 aliphatic carbocycles. The predicted octanol–water partition coefficient (Wildman–Crippen LogP) is 11.9. The first kappa shape index (κ1) is 45.3. The molecule has 5 aromatic carbocycles. The number of Topliss-reactive ketones (excluding diaryl/α,β-unsaturated/α-hetero) is 3. The molecule has 13 heteroatoms. The maximum Gasteiger partial charge on any atom is 0.198 e. The summed E-state index contributed by atoms with van der Waals surface area (Å²) in [4.78, 5) is 44.6. The van der Waals surface area contributed by atoms with E-state index in [4.69, 9.17) is 23.2 Å². The lowest BCUT2D eigenvalue weighted by molar-refractivity contribution is -0.120. The first-order chi connectivity index (χ1) is 30.1. The zero-order chi connectivity index (χ0) is 44.6. The Morgan fingerprint density at radius 3 is 1.56 bits per heavy atom. The van der Waals surface area contributed by atoms with Crippen LogP contribution in [-0.4, -0.2) is 46.7 Å². The van der Waals surface area contributed by atoms with E-state index in [1.165, 1.54) is 42.3 Å². The van der Waals surface area contributed by atoms with Crippen molar-refractivity contribution in [2.75, 3.05) is 12.5 Å². The van der Waals surface area contributed by atoms with Crippen LogP contribution in [0.15, 0.2) is 168 Å². The highest BCUT2D eigenvalue weighted by Crippen LogP contribution is 2.54. The lowest BCUT2D eigenvalue weighted by Crippen LogP contribution is -2.26. The van der Waals surface area contributed by atoms with Crippen LogP contribution >= 0.6 is 46.7 Å². The van der Waals surface area contributed by atoms with Gasteiger partial charge in [-0.05, 0) is 116 Å². The maximum absolute atomic E-state index is 13.9. The van der Waals surface area contributed by atoms with E-state index >= 15 is 0 Å². The van der Waals surface area contributed by atoms with Crippen LogP contribution in [-0.2, 0) is 29.3 Å². The number of benzene rings is 5. The third kappa shape index (κ3) is 9.75.